The molecule has 2 fully saturated rings. The topological polar surface area (TPSA) is 173 Å². The Morgan fingerprint density at radius 2 is 1.88 bits per heavy atom. The van der Waals surface area contributed by atoms with Crippen LogP contribution in [0.3, 0.4) is 0 Å². The fourth-order valence-corrected chi connectivity index (χ4v) is 9.12. The second-order valence-corrected chi connectivity index (χ2v) is 14.7. The van der Waals surface area contributed by atoms with Gasteiger partial charge in [-0.15, -0.1) is 0 Å². The van der Waals surface area contributed by atoms with Gasteiger partial charge in [0.2, 0.25) is 0 Å². The van der Waals surface area contributed by atoms with E-state index in [0.717, 1.165) is 0 Å². The maximum atomic E-state index is 13.6. The second kappa shape index (κ2) is 14.6. The number of halogens is 1. The molecule has 1 aromatic heterocycles. The number of aromatic nitrogens is 1. The Morgan fingerprint density at radius 1 is 1.14 bits per heavy atom. The molecule has 0 radical (unpaired) electrons. The molecule has 0 bridgehead atoms. The number of carbonyl (C=O) groups excluding carboxylic acids is 4. The lowest BCUT2D eigenvalue weighted by molar-refractivity contribution is -0.189. The minimum absolute atomic E-state index is 0.00981. The van der Waals surface area contributed by atoms with Crippen LogP contribution in [-0.2, 0) is 39.9 Å². The Balaban J connectivity index is 1.24. The van der Waals surface area contributed by atoms with E-state index < -0.39 is 83.6 Å². The highest BCUT2D eigenvalue weighted by Crippen LogP contribution is 2.66. The van der Waals surface area contributed by atoms with Gasteiger partial charge in [-0.05, 0) is 61.4 Å². The first kappa shape index (κ1) is 36.8. The third-order valence-electron chi connectivity index (χ3n) is 11.5. The number of hydrogen-bond acceptors (Lipinski definition) is 10. The van der Waals surface area contributed by atoms with Gasteiger partial charge in [0.25, 0.3) is 0 Å². The minimum atomic E-state index is -1.51. The molecule has 2 heterocycles. The molecule has 1 aliphatic heterocycles. The molecule has 5 unspecified atom stereocenters. The highest BCUT2D eigenvalue weighted by molar-refractivity contribution is 6.33. The molecule has 3 aliphatic carbocycles. The van der Waals surface area contributed by atoms with Crippen molar-refractivity contribution in [3.05, 3.63) is 82.7 Å². The Labute approximate surface area is 301 Å². The quantitative estimate of drug-likeness (QED) is 0.143. The smallest absolute Gasteiger partial charge is 0.397 e. The van der Waals surface area contributed by atoms with Gasteiger partial charge in [0, 0.05) is 54.5 Å². The van der Waals surface area contributed by atoms with Gasteiger partial charge in [0.15, 0.2) is 6.10 Å². The summed E-state index contributed by atoms with van der Waals surface area (Å²) in [6.07, 6.45) is 2.81. The maximum Gasteiger partial charge on any atom is 0.397 e. The summed E-state index contributed by atoms with van der Waals surface area (Å²) in [4.78, 5) is 54.9. The molecule has 12 nitrogen and oxygen atoms in total. The first-order valence-corrected chi connectivity index (χ1v) is 17.7. The number of amides is 1. The summed E-state index contributed by atoms with van der Waals surface area (Å²) >= 11 is 6.16. The summed E-state index contributed by atoms with van der Waals surface area (Å²) in [5.41, 5.74) is 0.0266. The number of aromatic amines is 1. The zero-order valence-corrected chi connectivity index (χ0v) is 29.9. The summed E-state index contributed by atoms with van der Waals surface area (Å²) in [6, 6.07) is 10.2. The number of cyclic esters (lactones) is 1. The van der Waals surface area contributed by atoms with E-state index in [1.807, 2.05) is 26.0 Å². The fourth-order valence-electron chi connectivity index (χ4n) is 8.92. The molecule has 13 atom stereocenters. The van der Waals surface area contributed by atoms with E-state index in [9.17, 15) is 29.4 Å². The van der Waals surface area contributed by atoms with Gasteiger partial charge in [-0.2, -0.15) is 0 Å². The predicted molar refractivity (Wildman–Crippen MR) is 184 cm³/mol. The molecule has 0 spiro atoms. The van der Waals surface area contributed by atoms with Gasteiger partial charge in [0.1, 0.15) is 24.0 Å². The van der Waals surface area contributed by atoms with Crippen LogP contribution in [0, 0.1) is 41.4 Å². The van der Waals surface area contributed by atoms with Gasteiger partial charge in [-0.3, -0.25) is 4.79 Å². The molecular formula is C38H45ClN2O10. The van der Waals surface area contributed by atoms with Crippen LogP contribution < -0.4 is 5.32 Å². The van der Waals surface area contributed by atoms with Crippen LogP contribution >= 0.6 is 11.6 Å². The number of benzene rings is 1. The molecule has 51 heavy (non-hydrogen) atoms. The van der Waals surface area contributed by atoms with Gasteiger partial charge in [0.05, 0.1) is 11.7 Å². The number of fused-ring (bicyclic) bond motifs is 6. The minimum Gasteiger partial charge on any atom is -0.457 e. The van der Waals surface area contributed by atoms with E-state index >= 15 is 0 Å². The molecular weight excluding hydrogens is 680 g/mol. The first-order chi connectivity index (χ1) is 24.3. The van der Waals surface area contributed by atoms with Gasteiger partial charge < -0.3 is 39.5 Å². The van der Waals surface area contributed by atoms with E-state index in [2.05, 4.69) is 10.3 Å². The van der Waals surface area contributed by atoms with Crippen molar-refractivity contribution in [2.75, 3.05) is 7.11 Å². The molecule has 1 aromatic carbocycles. The molecule has 274 valence electrons. The van der Waals surface area contributed by atoms with Crippen molar-refractivity contribution in [3.8, 4) is 0 Å². The summed E-state index contributed by atoms with van der Waals surface area (Å²) in [5, 5.41) is 27.4. The van der Waals surface area contributed by atoms with E-state index in [4.69, 9.17) is 30.5 Å². The predicted octanol–water partition coefficient (Wildman–Crippen LogP) is 3.76. The van der Waals surface area contributed by atoms with Gasteiger partial charge >= 0.3 is 23.8 Å². The van der Waals surface area contributed by atoms with Crippen LogP contribution in [0.5, 0.6) is 0 Å². The van der Waals surface area contributed by atoms with Crippen molar-refractivity contribution < 1.29 is 48.3 Å². The third-order valence-corrected chi connectivity index (χ3v) is 11.9. The number of rotatable bonds is 7. The van der Waals surface area contributed by atoms with Crippen molar-refractivity contribution in [3.63, 3.8) is 0 Å². The number of ether oxygens (including phenoxy) is 4. The van der Waals surface area contributed by atoms with E-state index in [1.165, 1.54) is 14.0 Å². The lowest BCUT2D eigenvalue weighted by Gasteiger charge is -2.61. The molecule has 4 N–H and O–H groups in total. The highest BCUT2D eigenvalue weighted by Gasteiger charge is 2.71. The monoisotopic (exact) mass is 724 g/mol. The Kier molecular flexibility index (Phi) is 10.5. The Morgan fingerprint density at radius 3 is 2.57 bits per heavy atom. The number of aliphatic hydroxyl groups is 2. The molecule has 2 saturated carbocycles. The van der Waals surface area contributed by atoms with Crippen LogP contribution in [0.15, 0.2) is 66.4 Å². The largest absolute Gasteiger partial charge is 0.457 e. The zero-order chi connectivity index (χ0) is 36.8. The number of methoxy groups -OCH3 is 1. The fraction of sp³-hybridized carbons (Fsp3) is 0.526. The van der Waals surface area contributed by atoms with Crippen LogP contribution in [0.4, 0.5) is 0 Å². The maximum absolute atomic E-state index is 13.6. The number of esters is 3. The molecule has 4 aliphatic rings. The van der Waals surface area contributed by atoms with Crippen LogP contribution in [0.2, 0.25) is 5.02 Å². The molecule has 2 aromatic rings. The lowest BCUT2D eigenvalue weighted by Crippen LogP contribution is -2.65. The highest BCUT2D eigenvalue weighted by atomic mass is 35.5. The number of hydrogen-bond donors (Lipinski definition) is 4. The molecule has 6 rings (SSSR count). The van der Waals surface area contributed by atoms with Gasteiger partial charge in [-0.25, -0.2) is 14.4 Å². The first-order valence-electron chi connectivity index (χ1n) is 17.3. The normalized spacial score (nSPS) is 37.2. The second-order valence-electron chi connectivity index (χ2n) is 14.3. The molecule has 1 amide bonds. The van der Waals surface area contributed by atoms with Crippen molar-refractivity contribution in [1.29, 1.82) is 0 Å². The standard InChI is InChI=1S/C38H45ClN2O10/c1-18-15-19(2)38(47)23(12-13-24-28-29(30(24)38)31(42)20(3)33(28)51-35(44)26-11-8-14-40-26)16-27(48-5)36(45)50-32(18)21(4)49-37(46)34(43)41-17-22-9-6-7-10-25(22)39/h6-15,18,20-21,23-24,27-33,40,42,47H,16-17H2,1-5H3,(H,41,43)/b19-15+/t18-,20-,21-,23?,24?,27+,28+,29?,30?,31-,32?,33-,38+/m1/s1. The third kappa shape index (κ3) is 6.63. The van der Waals surface area contributed by atoms with Crippen LogP contribution in [-0.4, -0.2) is 82.2 Å². The van der Waals surface area contributed by atoms with Gasteiger partial charge in [-0.1, -0.05) is 61.9 Å². The van der Waals surface area contributed by atoms with Crippen molar-refractivity contribution >= 4 is 35.4 Å². The lowest BCUT2D eigenvalue weighted by atomic mass is 9.46. The summed E-state index contributed by atoms with van der Waals surface area (Å²) < 4.78 is 23.0. The number of aliphatic hydroxyl groups excluding tert-OH is 1. The average molecular weight is 725 g/mol. The Hall–Kier alpha value is -3.97. The average Bonchev–Trinajstić information content (AvgIpc) is 3.70. The summed E-state index contributed by atoms with van der Waals surface area (Å²) in [5.74, 6) is -6.18. The number of carbonyl (C=O) groups is 4. The zero-order valence-electron chi connectivity index (χ0n) is 29.2. The number of allylic oxidation sites excluding steroid dienone is 1. The Bertz CT molecular complexity index is 1710. The van der Waals surface area contributed by atoms with E-state index in [1.54, 1.807) is 55.6 Å². The molecule has 13 heteroatoms. The number of H-pyrrole nitrogens is 1. The summed E-state index contributed by atoms with van der Waals surface area (Å²) in [6.45, 7) is 6.97. The van der Waals surface area contributed by atoms with Crippen LogP contribution in [0.25, 0.3) is 0 Å². The SMILES string of the molecule is CO[C@H]1CC2C=CC3C(C4[C@H]3[C@H](OC(=O)c3ccc[nH]3)[C@H](C)[C@H]4O)[C@]2(O)/C(C)=C/[C@@H](C)C([C@@H](C)OC(=O)C(=O)NCc2ccccc2Cl)OC1=O. The van der Waals surface area contributed by atoms with Crippen molar-refractivity contribution in [1.82, 2.24) is 10.3 Å². The summed E-state index contributed by atoms with van der Waals surface area (Å²) in [7, 11) is 1.38. The van der Waals surface area contributed by atoms with E-state index in [0.29, 0.717) is 21.9 Å². The van der Waals surface area contributed by atoms with E-state index in [-0.39, 0.29) is 30.7 Å². The van der Waals surface area contributed by atoms with Crippen molar-refractivity contribution in [2.45, 2.75) is 76.8 Å². The van der Waals surface area contributed by atoms with Crippen molar-refractivity contribution in [2.24, 2.45) is 41.4 Å². The van der Waals surface area contributed by atoms with Crippen LogP contribution in [0.1, 0.15) is 50.2 Å². The number of nitrogens with one attached hydrogen (secondary N) is 2. The molecule has 0 saturated heterocycles.